The Morgan fingerprint density at radius 3 is 2.59 bits per heavy atom. The number of hydrogen-bond donors (Lipinski definition) is 2. The van der Waals surface area contributed by atoms with E-state index in [4.69, 9.17) is 5.73 Å². The summed E-state index contributed by atoms with van der Waals surface area (Å²) in [6.45, 7) is 1.96. The van der Waals surface area contributed by atoms with Crippen LogP contribution in [0.5, 0.6) is 0 Å². The van der Waals surface area contributed by atoms with Crippen molar-refractivity contribution < 1.29 is 9.59 Å². The topological polar surface area (TPSA) is 75.4 Å². The number of nitrogens with zero attached hydrogens (tertiary/aromatic N) is 1. The summed E-state index contributed by atoms with van der Waals surface area (Å²) in [6, 6.07) is 7.59. The summed E-state index contributed by atoms with van der Waals surface area (Å²) in [5.41, 5.74) is 7.42. The van der Waals surface area contributed by atoms with Gasteiger partial charge in [-0.05, 0) is 42.9 Å². The van der Waals surface area contributed by atoms with Gasteiger partial charge in [0.2, 0.25) is 5.91 Å². The minimum absolute atomic E-state index is 0.0638. The second-order valence-corrected chi connectivity index (χ2v) is 6.27. The van der Waals surface area contributed by atoms with Crippen LogP contribution in [0.15, 0.2) is 24.3 Å². The maximum Gasteiger partial charge on any atom is 0.251 e. The van der Waals surface area contributed by atoms with Crippen molar-refractivity contribution in [3.05, 3.63) is 35.4 Å². The van der Waals surface area contributed by atoms with Crippen molar-refractivity contribution in [2.75, 3.05) is 13.1 Å². The van der Waals surface area contributed by atoms with E-state index in [0.29, 0.717) is 31.0 Å². The Labute approximate surface area is 130 Å². The number of nitrogens with one attached hydrogen (secondary N) is 1. The normalized spacial score (nSPS) is 19.3. The van der Waals surface area contributed by atoms with Gasteiger partial charge in [0.25, 0.3) is 5.91 Å². The summed E-state index contributed by atoms with van der Waals surface area (Å²) in [5, 5.41) is 3.02. The van der Waals surface area contributed by atoms with Crippen molar-refractivity contribution in [2.45, 2.75) is 38.3 Å². The highest BCUT2D eigenvalue weighted by Crippen LogP contribution is 2.32. The van der Waals surface area contributed by atoms with E-state index in [-0.39, 0.29) is 17.9 Å². The predicted octanol–water partition coefficient (Wildman–Crippen LogP) is 1.28. The fourth-order valence-corrected chi connectivity index (χ4v) is 2.97. The second-order valence-electron chi connectivity index (χ2n) is 6.27. The lowest BCUT2D eigenvalue weighted by molar-refractivity contribution is -0.128. The number of benzene rings is 1. The molecule has 2 amide bonds. The van der Waals surface area contributed by atoms with Crippen molar-refractivity contribution in [1.82, 2.24) is 10.2 Å². The minimum atomic E-state index is -0.0638. The average Bonchev–Trinajstić information content (AvgIpc) is 3.30. The first kappa shape index (κ1) is 15.0. The van der Waals surface area contributed by atoms with Crippen LogP contribution in [0.1, 0.15) is 41.6 Å². The van der Waals surface area contributed by atoms with E-state index >= 15 is 0 Å². The predicted molar refractivity (Wildman–Crippen MR) is 84.1 cm³/mol. The van der Waals surface area contributed by atoms with Gasteiger partial charge in [0.15, 0.2) is 0 Å². The van der Waals surface area contributed by atoms with Crippen LogP contribution in [-0.4, -0.2) is 35.8 Å². The molecule has 1 aliphatic carbocycles. The molecule has 2 fully saturated rings. The zero-order valence-corrected chi connectivity index (χ0v) is 12.8. The van der Waals surface area contributed by atoms with E-state index < -0.39 is 0 Å². The Balaban J connectivity index is 1.58. The molecule has 1 aromatic rings. The number of carbonyl (C=O) groups excluding carboxylic acids is 2. The van der Waals surface area contributed by atoms with Gasteiger partial charge in [-0.1, -0.05) is 12.1 Å². The summed E-state index contributed by atoms with van der Waals surface area (Å²) in [4.78, 5) is 25.7. The Bertz CT molecular complexity index is 552. The molecular formula is C17H23N3O2. The Kier molecular flexibility index (Phi) is 4.43. The molecular weight excluding hydrogens is 278 g/mol. The highest BCUT2D eigenvalue weighted by molar-refractivity contribution is 5.94. The molecule has 1 unspecified atom stereocenters. The summed E-state index contributed by atoms with van der Waals surface area (Å²) in [7, 11) is 0. The van der Waals surface area contributed by atoms with Crippen molar-refractivity contribution >= 4 is 11.8 Å². The summed E-state index contributed by atoms with van der Waals surface area (Å²) < 4.78 is 0. The number of carbonyl (C=O) groups is 2. The molecule has 3 N–H and O–H groups in total. The van der Waals surface area contributed by atoms with Crippen LogP contribution < -0.4 is 11.1 Å². The van der Waals surface area contributed by atoms with Gasteiger partial charge in [-0.3, -0.25) is 9.59 Å². The molecule has 1 saturated carbocycles. The van der Waals surface area contributed by atoms with Crippen molar-refractivity contribution in [3.8, 4) is 0 Å². The number of rotatable bonds is 6. The molecule has 1 saturated heterocycles. The van der Waals surface area contributed by atoms with Gasteiger partial charge < -0.3 is 16.0 Å². The van der Waals surface area contributed by atoms with Gasteiger partial charge in [0.1, 0.15) is 0 Å². The van der Waals surface area contributed by atoms with Crippen LogP contribution in [0.3, 0.4) is 0 Å². The van der Waals surface area contributed by atoms with E-state index in [0.717, 1.165) is 31.4 Å². The van der Waals surface area contributed by atoms with Crippen LogP contribution in [0.2, 0.25) is 0 Å². The van der Waals surface area contributed by atoms with Gasteiger partial charge in [0, 0.05) is 37.7 Å². The summed E-state index contributed by atoms with van der Waals surface area (Å²) in [6.07, 6.45) is 3.92. The molecule has 0 bridgehead atoms. The lowest BCUT2D eigenvalue weighted by Crippen LogP contribution is -2.41. The molecule has 5 heteroatoms. The zero-order valence-electron chi connectivity index (χ0n) is 12.8. The molecule has 1 aromatic carbocycles. The number of nitrogens with two attached hydrogens (primary N) is 1. The lowest BCUT2D eigenvalue weighted by atomic mass is 10.1. The minimum Gasteiger partial charge on any atom is -0.348 e. The van der Waals surface area contributed by atoms with E-state index in [9.17, 15) is 9.59 Å². The van der Waals surface area contributed by atoms with Crippen molar-refractivity contribution in [1.29, 1.82) is 0 Å². The maximum atomic E-state index is 12.2. The highest BCUT2D eigenvalue weighted by Gasteiger charge is 2.31. The smallest absolute Gasteiger partial charge is 0.251 e. The highest BCUT2D eigenvalue weighted by atomic mass is 16.2. The van der Waals surface area contributed by atoms with E-state index in [1.165, 1.54) is 0 Å². The van der Waals surface area contributed by atoms with E-state index in [2.05, 4.69) is 5.32 Å². The third-order valence-electron chi connectivity index (χ3n) is 4.52. The molecule has 1 atom stereocenters. The SMILES string of the molecule is NCC(NC(=O)c1ccc(CN2CCCC2=O)cc1)C1CC1. The maximum absolute atomic E-state index is 12.2. The fourth-order valence-electron chi connectivity index (χ4n) is 2.97. The number of likely N-dealkylation sites (tertiary alicyclic amines) is 1. The molecule has 0 spiro atoms. The molecule has 22 heavy (non-hydrogen) atoms. The van der Waals surface area contributed by atoms with Crippen LogP contribution in [0.4, 0.5) is 0 Å². The van der Waals surface area contributed by atoms with Crippen LogP contribution in [-0.2, 0) is 11.3 Å². The molecule has 0 aromatic heterocycles. The summed E-state index contributed by atoms with van der Waals surface area (Å²) in [5.74, 6) is 0.706. The number of hydrogen-bond acceptors (Lipinski definition) is 3. The van der Waals surface area contributed by atoms with Gasteiger partial charge in [-0.25, -0.2) is 0 Å². The van der Waals surface area contributed by atoms with Crippen LogP contribution in [0, 0.1) is 5.92 Å². The first-order valence-electron chi connectivity index (χ1n) is 8.05. The van der Waals surface area contributed by atoms with Crippen LogP contribution in [0.25, 0.3) is 0 Å². The molecule has 1 aliphatic heterocycles. The van der Waals surface area contributed by atoms with Gasteiger partial charge >= 0.3 is 0 Å². The first-order chi connectivity index (χ1) is 10.7. The summed E-state index contributed by atoms with van der Waals surface area (Å²) >= 11 is 0. The largest absolute Gasteiger partial charge is 0.348 e. The van der Waals surface area contributed by atoms with Gasteiger partial charge in [-0.2, -0.15) is 0 Å². The lowest BCUT2D eigenvalue weighted by Gasteiger charge is -2.17. The molecule has 3 rings (SSSR count). The quantitative estimate of drug-likeness (QED) is 0.831. The Morgan fingerprint density at radius 1 is 1.32 bits per heavy atom. The molecule has 5 nitrogen and oxygen atoms in total. The average molecular weight is 301 g/mol. The first-order valence-corrected chi connectivity index (χ1v) is 8.05. The second kappa shape index (κ2) is 6.48. The van der Waals surface area contributed by atoms with E-state index in [1.54, 1.807) is 0 Å². The zero-order chi connectivity index (χ0) is 15.5. The van der Waals surface area contributed by atoms with E-state index in [1.807, 2.05) is 29.2 Å². The third-order valence-corrected chi connectivity index (χ3v) is 4.52. The van der Waals surface area contributed by atoms with Crippen LogP contribution >= 0.6 is 0 Å². The Morgan fingerprint density at radius 2 is 2.05 bits per heavy atom. The van der Waals surface area contributed by atoms with Crippen molar-refractivity contribution in [2.24, 2.45) is 11.7 Å². The monoisotopic (exact) mass is 301 g/mol. The molecule has 118 valence electrons. The molecule has 2 aliphatic rings. The molecule has 1 heterocycles. The third kappa shape index (κ3) is 3.47. The molecule has 0 radical (unpaired) electrons. The van der Waals surface area contributed by atoms with Gasteiger partial charge in [-0.15, -0.1) is 0 Å². The van der Waals surface area contributed by atoms with Crippen molar-refractivity contribution in [3.63, 3.8) is 0 Å². The standard InChI is InChI=1S/C17H23N3O2/c18-10-15(13-7-8-13)19-17(22)14-5-3-12(4-6-14)11-20-9-1-2-16(20)21/h3-6,13,15H,1-2,7-11,18H2,(H,19,22). The fraction of sp³-hybridized carbons (Fsp3) is 0.529. The van der Waals surface area contributed by atoms with Gasteiger partial charge in [0.05, 0.1) is 0 Å². The Hall–Kier alpha value is -1.88. The number of amides is 2.